The fourth-order valence-corrected chi connectivity index (χ4v) is 4.70. The van der Waals surface area contributed by atoms with E-state index >= 15 is 0 Å². The van der Waals surface area contributed by atoms with Gasteiger partial charge in [0.2, 0.25) is 0 Å². The summed E-state index contributed by atoms with van der Waals surface area (Å²) < 4.78 is 5.68. The van der Waals surface area contributed by atoms with Crippen LogP contribution < -0.4 is 5.32 Å². The molecule has 31 heavy (non-hydrogen) atoms. The molecule has 0 spiro atoms. The Labute approximate surface area is 177 Å². The van der Waals surface area contributed by atoms with Gasteiger partial charge in [0.25, 0.3) is 11.8 Å². The molecule has 4 rings (SSSR count). The molecule has 0 fully saturated rings. The molecular weight excluding hydrogens is 432 g/mol. The van der Waals surface area contributed by atoms with Crippen LogP contribution in [0.15, 0.2) is 18.2 Å². The van der Waals surface area contributed by atoms with Crippen LogP contribution in [0.3, 0.4) is 0 Å². The number of benzene rings is 1. The lowest BCUT2D eigenvalue weighted by molar-refractivity contribution is -0.147. The van der Waals surface area contributed by atoms with Crippen molar-refractivity contribution in [3.63, 3.8) is 0 Å². The number of imide groups is 1. The molecule has 0 aliphatic carbocycles. The number of thiophene rings is 1. The van der Waals surface area contributed by atoms with Gasteiger partial charge in [0.1, 0.15) is 10.8 Å². The van der Waals surface area contributed by atoms with Crippen molar-refractivity contribution in [3.05, 3.63) is 45.3 Å². The molecule has 11 nitrogen and oxygen atoms in total. The van der Waals surface area contributed by atoms with Crippen molar-refractivity contribution >= 4 is 46.0 Å². The first-order chi connectivity index (χ1) is 14.7. The first-order valence-electron chi connectivity index (χ1n) is 8.90. The second-order valence-electron chi connectivity index (χ2n) is 6.86. The zero-order valence-electron chi connectivity index (χ0n) is 15.6. The van der Waals surface area contributed by atoms with Gasteiger partial charge in [-0.15, -0.1) is 11.3 Å². The normalized spacial score (nSPS) is 17.3. The second-order valence-corrected chi connectivity index (χ2v) is 7.97. The van der Waals surface area contributed by atoms with Gasteiger partial charge in [-0.3, -0.25) is 19.3 Å². The van der Waals surface area contributed by atoms with Gasteiger partial charge in [-0.2, -0.15) is 0 Å². The summed E-state index contributed by atoms with van der Waals surface area (Å²) in [6.45, 7) is -0.171. The van der Waals surface area contributed by atoms with Crippen LogP contribution in [-0.4, -0.2) is 62.5 Å². The number of carboxylic acids is 2. The van der Waals surface area contributed by atoms with E-state index in [1.54, 1.807) is 0 Å². The fourth-order valence-electron chi connectivity index (χ4n) is 3.56. The van der Waals surface area contributed by atoms with E-state index in [0.717, 1.165) is 16.2 Å². The van der Waals surface area contributed by atoms with Gasteiger partial charge >= 0.3 is 17.8 Å². The molecule has 1 unspecified atom stereocenters. The number of carbonyl (C=O) groups is 5. The molecule has 3 amide bonds. The minimum Gasteiger partial charge on any atom is -0.508 e. The van der Waals surface area contributed by atoms with E-state index in [2.05, 4.69) is 5.32 Å². The second kappa shape index (κ2) is 7.49. The number of phenols is 1. The first kappa shape index (κ1) is 20.5. The average Bonchev–Trinajstić information content (AvgIpc) is 3.17. The number of carboxylic acid groups (broad SMARTS) is 2. The number of rotatable bonds is 4. The Balaban J connectivity index is 1.57. The molecule has 1 aromatic heterocycles. The summed E-state index contributed by atoms with van der Waals surface area (Å²) in [5, 5.41) is 29.9. The van der Waals surface area contributed by atoms with Crippen molar-refractivity contribution < 1.29 is 44.0 Å². The van der Waals surface area contributed by atoms with Gasteiger partial charge in [0.05, 0.1) is 35.9 Å². The summed E-state index contributed by atoms with van der Waals surface area (Å²) in [6, 6.07) is 3.85. The Morgan fingerprint density at radius 2 is 1.87 bits per heavy atom. The number of hydrogen-bond donors (Lipinski definition) is 4. The highest BCUT2D eigenvalue weighted by atomic mass is 32.1. The SMILES string of the molecule is O=C(O)C(=O)Nc1sc2c(c1C(=O)O)CC(CN1C(=O)c3ccc(O)cc3C1=O)OC2. The number of fused-ring (bicyclic) bond motifs is 2. The van der Waals surface area contributed by atoms with Crippen LogP contribution in [0.1, 0.15) is 41.5 Å². The lowest BCUT2D eigenvalue weighted by Crippen LogP contribution is -2.40. The number of carbonyl (C=O) groups excluding carboxylic acids is 3. The lowest BCUT2D eigenvalue weighted by atomic mass is 10.0. The van der Waals surface area contributed by atoms with E-state index in [4.69, 9.17) is 9.84 Å². The van der Waals surface area contributed by atoms with Gasteiger partial charge in [-0.1, -0.05) is 0 Å². The molecule has 2 aromatic rings. The Morgan fingerprint density at radius 3 is 2.55 bits per heavy atom. The van der Waals surface area contributed by atoms with Gasteiger partial charge in [-0.25, -0.2) is 9.59 Å². The lowest BCUT2D eigenvalue weighted by Gasteiger charge is -2.26. The Kier molecular flexibility index (Phi) is 4.95. The van der Waals surface area contributed by atoms with E-state index in [9.17, 15) is 34.2 Å². The van der Waals surface area contributed by atoms with Crippen molar-refractivity contribution in [2.75, 3.05) is 11.9 Å². The minimum absolute atomic E-state index is 0.0299. The van der Waals surface area contributed by atoms with Gasteiger partial charge in [-0.05, 0) is 23.8 Å². The highest BCUT2D eigenvalue weighted by Gasteiger charge is 2.39. The largest absolute Gasteiger partial charge is 0.508 e. The molecule has 2 aliphatic rings. The number of aliphatic carboxylic acids is 1. The van der Waals surface area contributed by atoms with E-state index in [1.165, 1.54) is 18.2 Å². The first-order valence-corrected chi connectivity index (χ1v) is 9.72. The van der Waals surface area contributed by atoms with Gasteiger partial charge in [0, 0.05) is 11.3 Å². The Bertz CT molecular complexity index is 1170. The number of ether oxygens (including phenoxy) is 1. The standard InChI is InChI=1S/C19H14N2O9S/c22-7-1-2-9-10(3-7)17(25)21(16(9)24)5-8-4-11-12(6-30-8)31-15(13(11)18(26)27)20-14(23)19(28)29/h1-3,8,22H,4-6H2,(H,20,23)(H,26,27)(H,28,29). The number of amides is 3. The van der Waals surface area contributed by atoms with E-state index in [-0.39, 0.29) is 47.0 Å². The summed E-state index contributed by atoms with van der Waals surface area (Å²) in [5.41, 5.74) is 0.334. The summed E-state index contributed by atoms with van der Waals surface area (Å²) in [7, 11) is 0. The van der Waals surface area contributed by atoms with Gasteiger partial charge in [0.15, 0.2) is 0 Å². The Hall–Kier alpha value is -3.77. The zero-order valence-corrected chi connectivity index (χ0v) is 16.4. The third-order valence-corrected chi connectivity index (χ3v) is 6.07. The summed E-state index contributed by atoms with van der Waals surface area (Å²) >= 11 is 0.897. The third kappa shape index (κ3) is 3.51. The van der Waals surface area contributed by atoms with Gasteiger partial charge < -0.3 is 25.4 Å². The highest BCUT2D eigenvalue weighted by Crippen LogP contribution is 2.38. The maximum absolute atomic E-state index is 12.6. The number of aromatic carboxylic acids is 1. The molecule has 1 atom stereocenters. The summed E-state index contributed by atoms with van der Waals surface area (Å²) in [5.74, 6) is -5.77. The number of nitrogens with one attached hydrogen (secondary N) is 1. The monoisotopic (exact) mass is 446 g/mol. The number of aromatic hydroxyl groups is 1. The number of phenolic OH excluding ortho intramolecular Hbond substituents is 1. The zero-order chi connectivity index (χ0) is 22.4. The maximum atomic E-state index is 12.6. The van der Waals surface area contributed by atoms with E-state index in [0.29, 0.717) is 10.4 Å². The van der Waals surface area contributed by atoms with Crippen LogP contribution in [0, 0.1) is 0 Å². The smallest absolute Gasteiger partial charge is 0.394 e. The van der Waals surface area contributed by atoms with E-state index in [1.807, 2.05) is 0 Å². The third-order valence-electron chi connectivity index (χ3n) is 4.95. The molecular formula is C19H14N2O9S. The fraction of sp³-hybridized carbons (Fsp3) is 0.211. The molecule has 3 heterocycles. The van der Waals surface area contributed by atoms with Crippen molar-refractivity contribution in [2.45, 2.75) is 19.1 Å². The molecule has 12 heteroatoms. The molecule has 0 saturated heterocycles. The molecule has 0 saturated carbocycles. The predicted molar refractivity (Wildman–Crippen MR) is 103 cm³/mol. The Morgan fingerprint density at radius 1 is 1.16 bits per heavy atom. The molecule has 4 N–H and O–H groups in total. The quantitative estimate of drug-likeness (QED) is 0.394. The topological polar surface area (TPSA) is 171 Å². The van der Waals surface area contributed by atoms with Crippen LogP contribution in [0.2, 0.25) is 0 Å². The van der Waals surface area contributed by atoms with E-state index < -0.39 is 35.8 Å². The van der Waals surface area contributed by atoms with Crippen molar-refractivity contribution in [1.82, 2.24) is 4.90 Å². The molecule has 0 bridgehead atoms. The summed E-state index contributed by atoms with van der Waals surface area (Å²) in [4.78, 5) is 60.7. The predicted octanol–water partition coefficient (Wildman–Crippen LogP) is 0.912. The summed E-state index contributed by atoms with van der Waals surface area (Å²) in [6.07, 6.45) is -0.672. The number of anilines is 1. The van der Waals surface area contributed by atoms with Crippen molar-refractivity contribution in [3.8, 4) is 5.75 Å². The number of hydrogen-bond acceptors (Lipinski definition) is 8. The van der Waals surface area contributed by atoms with Crippen LogP contribution in [0.25, 0.3) is 0 Å². The molecule has 2 aliphatic heterocycles. The van der Waals surface area contributed by atoms with Crippen molar-refractivity contribution in [1.29, 1.82) is 0 Å². The van der Waals surface area contributed by atoms with Crippen molar-refractivity contribution in [2.24, 2.45) is 0 Å². The van der Waals surface area contributed by atoms with Crippen LogP contribution in [-0.2, 0) is 27.4 Å². The average molecular weight is 446 g/mol. The molecule has 0 radical (unpaired) electrons. The molecule has 1 aromatic carbocycles. The highest BCUT2D eigenvalue weighted by molar-refractivity contribution is 7.17. The van der Waals surface area contributed by atoms with Crippen LogP contribution in [0.5, 0.6) is 5.75 Å². The van der Waals surface area contributed by atoms with Crippen LogP contribution >= 0.6 is 11.3 Å². The van der Waals surface area contributed by atoms with Crippen LogP contribution in [0.4, 0.5) is 5.00 Å². The molecule has 160 valence electrons. The minimum atomic E-state index is -1.76. The maximum Gasteiger partial charge on any atom is 0.394 e. The number of nitrogens with zero attached hydrogens (tertiary/aromatic N) is 1.